The second kappa shape index (κ2) is 0.872. The van der Waals surface area contributed by atoms with Crippen LogP contribution in [0.5, 0.6) is 0 Å². The van der Waals surface area contributed by atoms with Gasteiger partial charge >= 0.3 is 0 Å². The first-order chi connectivity index (χ1) is 3.61. The van der Waals surface area contributed by atoms with Gasteiger partial charge in [-0.3, -0.25) is 0 Å². The minimum Gasteiger partial charge on any atom is -0.0614 e. The summed E-state index contributed by atoms with van der Waals surface area (Å²) in [6, 6.07) is 0. The van der Waals surface area contributed by atoms with Gasteiger partial charge in [-0.25, -0.2) is 0 Å². The van der Waals surface area contributed by atoms with Crippen molar-refractivity contribution in [1.29, 1.82) is 0 Å². The van der Waals surface area contributed by atoms with Crippen LogP contribution in [0.4, 0.5) is 0 Å². The first-order valence-corrected chi connectivity index (χ1v) is 3.61. The molecule has 1 spiro atoms. The third kappa shape index (κ3) is 0.260. The van der Waals surface area contributed by atoms with E-state index >= 15 is 0 Å². The highest BCUT2D eigenvalue weighted by Gasteiger charge is 2.74. The summed E-state index contributed by atoms with van der Waals surface area (Å²) in [5.74, 6) is 1.02. The molecule has 2 saturated carbocycles. The fourth-order valence-corrected chi connectivity index (χ4v) is 2.44. The van der Waals surface area contributed by atoms with E-state index in [1.54, 1.807) is 0 Å². The van der Waals surface area contributed by atoms with E-state index in [4.69, 9.17) is 0 Å². The average molecular weight is 110 g/mol. The molecule has 1 unspecified atom stereocenters. The molecule has 1 atom stereocenters. The summed E-state index contributed by atoms with van der Waals surface area (Å²) in [6.07, 6.45) is 3.03. The number of rotatable bonds is 0. The van der Waals surface area contributed by atoms with Gasteiger partial charge in [0.05, 0.1) is 0 Å². The number of hydrogen-bond acceptors (Lipinski definition) is 0. The molecule has 0 bridgehead atoms. The van der Waals surface area contributed by atoms with Gasteiger partial charge in [0.25, 0.3) is 0 Å². The van der Waals surface area contributed by atoms with Crippen LogP contribution in [0, 0.1) is 16.7 Å². The molecule has 2 aliphatic rings. The molecule has 0 nitrogen and oxygen atoms in total. The maximum atomic E-state index is 2.41. The second-order valence-electron chi connectivity index (χ2n) is 4.10. The highest BCUT2D eigenvalue weighted by Crippen LogP contribution is 2.82. The van der Waals surface area contributed by atoms with Crippen molar-refractivity contribution in [1.82, 2.24) is 0 Å². The van der Waals surface area contributed by atoms with Crippen LogP contribution in [0.1, 0.15) is 33.6 Å². The molecule has 8 heavy (non-hydrogen) atoms. The molecule has 0 aromatic rings. The Hall–Kier alpha value is 0. The van der Waals surface area contributed by atoms with E-state index in [-0.39, 0.29) is 0 Å². The highest BCUT2D eigenvalue weighted by molar-refractivity contribution is 5.23. The lowest BCUT2D eigenvalue weighted by atomic mass is 10.1. The molecule has 0 N–H and O–H groups in total. The lowest BCUT2D eigenvalue weighted by molar-refractivity contribution is 0.539. The van der Waals surface area contributed by atoms with Crippen LogP contribution in [0.25, 0.3) is 0 Å². The molecule has 0 amide bonds. The Kier molecular flexibility index (Phi) is 0.527. The summed E-state index contributed by atoms with van der Waals surface area (Å²) in [7, 11) is 0. The summed E-state index contributed by atoms with van der Waals surface area (Å²) >= 11 is 0. The Morgan fingerprint density at radius 2 is 1.62 bits per heavy atom. The van der Waals surface area contributed by atoms with Gasteiger partial charge in [0, 0.05) is 0 Å². The van der Waals surface area contributed by atoms with Gasteiger partial charge in [0.2, 0.25) is 0 Å². The minimum atomic E-state index is 0.715. The smallest absolute Gasteiger partial charge is 0.0212 e. The molecule has 2 aliphatic carbocycles. The van der Waals surface area contributed by atoms with Gasteiger partial charge < -0.3 is 0 Å². The van der Waals surface area contributed by atoms with Gasteiger partial charge in [-0.05, 0) is 29.6 Å². The minimum absolute atomic E-state index is 0.715. The largest absolute Gasteiger partial charge is 0.0614 e. The first-order valence-electron chi connectivity index (χ1n) is 3.61. The van der Waals surface area contributed by atoms with E-state index in [0.717, 1.165) is 11.3 Å². The number of hydrogen-bond donors (Lipinski definition) is 0. The zero-order valence-electron chi connectivity index (χ0n) is 5.99. The molecule has 0 aromatic carbocycles. The molecule has 46 valence electrons. The Labute approximate surface area is 51.3 Å². The monoisotopic (exact) mass is 110 g/mol. The molecule has 0 heterocycles. The predicted octanol–water partition coefficient (Wildman–Crippen LogP) is 2.44. The van der Waals surface area contributed by atoms with E-state index in [2.05, 4.69) is 20.8 Å². The lowest BCUT2D eigenvalue weighted by Gasteiger charge is -1.95. The van der Waals surface area contributed by atoms with Crippen molar-refractivity contribution in [3.8, 4) is 0 Å². The molecular formula is C8H14. The molecule has 0 aliphatic heterocycles. The van der Waals surface area contributed by atoms with Crippen LogP contribution < -0.4 is 0 Å². The van der Waals surface area contributed by atoms with Gasteiger partial charge in [-0.2, -0.15) is 0 Å². The van der Waals surface area contributed by atoms with Crippen LogP contribution in [0.3, 0.4) is 0 Å². The van der Waals surface area contributed by atoms with Gasteiger partial charge in [0.15, 0.2) is 0 Å². The fraction of sp³-hybridized carbons (Fsp3) is 1.00. The van der Waals surface area contributed by atoms with Crippen molar-refractivity contribution >= 4 is 0 Å². The van der Waals surface area contributed by atoms with Crippen molar-refractivity contribution in [2.75, 3.05) is 0 Å². The predicted molar refractivity (Wildman–Crippen MR) is 34.6 cm³/mol. The van der Waals surface area contributed by atoms with Crippen molar-refractivity contribution in [3.63, 3.8) is 0 Å². The van der Waals surface area contributed by atoms with Gasteiger partial charge in [-0.1, -0.05) is 20.8 Å². The summed E-state index contributed by atoms with van der Waals surface area (Å²) in [4.78, 5) is 0. The molecule has 0 aromatic heterocycles. The maximum absolute atomic E-state index is 2.41. The van der Waals surface area contributed by atoms with Crippen LogP contribution in [-0.4, -0.2) is 0 Å². The zero-order chi connectivity index (χ0) is 5.99. The van der Waals surface area contributed by atoms with Crippen LogP contribution >= 0.6 is 0 Å². The zero-order valence-corrected chi connectivity index (χ0v) is 5.99. The third-order valence-corrected chi connectivity index (χ3v) is 3.90. The van der Waals surface area contributed by atoms with Gasteiger partial charge in [0.1, 0.15) is 0 Å². The molecule has 0 radical (unpaired) electrons. The fourth-order valence-electron chi connectivity index (χ4n) is 2.44. The Balaban J connectivity index is 2.26. The standard InChI is InChI=1S/C8H14/c1-6-7(2,3)8(6)4-5-8/h6H,4-5H2,1-3H3. The summed E-state index contributed by atoms with van der Waals surface area (Å²) in [5.41, 5.74) is 1.57. The Morgan fingerprint density at radius 1 is 1.25 bits per heavy atom. The second-order valence-corrected chi connectivity index (χ2v) is 4.10. The van der Waals surface area contributed by atoms with Crippen LogP contribution in [0.2, 0.25) is 0 Å². The third-order valence-electron chi connectivity index (χ3n) is 3.90. The quantitative estimate of drug-likeness (QED) is 0.449. The van der Waals surface area contributed by atoms with Crippen LogP contribution in [-0.2, 0) is 0 Å². The van der Waals surface area contributed by atoms with Crippen molar-refractivity contribution in [2.45, 2.75) is 33.6 Å². The van der Waals surface area contributed by atoms with E-state index < -0.39 is 0 Å². The SMILES string of the molecule is CC1C(C)(C)C12CC2. The molecule has 2 rings (SSSR count). The van der Waals surface area contributed by atoms with E-state index in [9.17, 15) is 0 Å². The maximum Gasteiger partial charge on any atom is -0.0212 e. The summed E-state index contributed by atoms with van der Waals surface area (Å²) < 4.78 is 0. The van der Waals surface area contributed by atoms with Crippen molar-refractivity contribution in [2.24, 2.45) is 16.7 Å². The summed E-state index contributed by atoms with van der Waals surface area (Å²) in [6.45, 7) is 7.21. The highest BCUT2D eigenvalue weighted by atomic mass is 14.8. The van der Waals surface area contributed by atoms with Crippen LogP contribution in [0.15, 0.2) is 0 Å². The first kappa shape index (κ1) is 4.84. The molecule has 0 heteroatoms. The Bertz CT molecular complexity index is 125. The van der Waals surface area contributed by atoms with E-state index in [1.807, 2.05) is 0 Å². The summed E-state index contributed by atoms with van der Waals surface area (Å²) in [5, 5.41) is 0. The van der Waals surface area contributed by atoms with Gasteiger partial charge in [-0.15, -0.1) is 0 Å². The Morgan fingerprint density at radius 3 is 1.62 bits per heavy atom. The van der Waals surface area contributed by atoms with E-state index in [0.29, 0.717) is 5.41 Å². The molecule has 0 saturated heterocycles. The van der Waals surface area contributed by atoms with Crippen molar-refractivity contribution < 1.29 is 0 Å². The van der Waals surface area contributed by atoms with E-state index in [1.165, 1.54) is 12.8 Å². The molecular weight excluding hydrogens is 96.1 g/mol. The average Bonchev–Trinajstić information content (AvgIpc) is 2.47. The van der Waals surface area contributed by atoms with Crippen molar-refractivity contribution in [3.05, 3.63) is 0 Å². The topological polar surface area (TPSA) is 0 Å². The molecule has 2 fully saturated rings. The normalized spacial score (nSPS) is 44.6. The lowest BCUT2D eigenvalue weighted by Crippen LogP contribution is -1.87.